The first-order valence-electron chi connectivity index (χ1n) is 7.95. The monoisotopic (exact) mass is 254 g/mol. The molecule has 0 amide bonds. The van der Waals surface area contributed by atoms with E-state index in [-0.39, 0.29) is 0 Å². The molecule has 2 rings (SSSR count). The van der Waals surface area contributed by atoms with Gasteiger partial charge in [-0.25, -0.2) is 0 Å². The summed E-state index contributed by atoms with van der Waals surface area (Å²) in [7, 11) is 0. The van der Waals surface area contributed by atoms with Gasteiger partial charge in [0.2, 0.25) is 0 Å². The molecule has 0 bridgehead atoms. The van der Waals surface area contributed by atoms with E-state index in [1.54, 1.807) is 0 Å². The number of hydrogen-bond acceptors (Lipinski definition) is 3. The van der Waals surface area contributed by atoms with Crippen LogP contribution in [0, 0.1) is 0 Å². The van der Waals surface area contributed by atoms with Gasteiger partial charge in [-0.3, -0.25) is 4.90 Å². The van der Waals surface area contributed by atoms with Crippen LogP contribution in [0.3, 0.4) is 0 Å². The first-order valence-corrected chi connectivity index (χ1v) is 7.95. The molecule has 1 heterocycles. The number of nitrogens with zero attached hydrogens (tertiary/aromatic N) is 1. The third-order valence-corrected chi connectivity index (χ3v) is 4.73. The first kappa shape index (κ1) is 14.3. The lowest BCUT2D eigenvalue weighted by Crippen LogP contribution is -2.50. The van der Waals surface area contributed by atoms with Crippen LogP contribution in [0.5, 0.6) is 0 Å². The van der Waals surface area contributed by atoms with Gasteiger partial charge in [0.15, 0.2) is 0 Å². The molecule has 0 aromatic rings. The van der Waals surface area contributed by atoms with E-state index >= 15 is 0 Å². The van der Waals surface area contributed by atoms with Crippen LogP contribution < -0.4 is 5.32 Å². The van der Waals surface area contributed by atoms with E-state index < -0.39 is 0 Å². The van der Waals surface area contributed by atoms with Gasteiger partial charge in [-0.2, -0.15) is 0 Å². The van der Waals surface area contributed by atoms with Crippen LogP contribution in [-0.2, 0) is 0 Å². The molecule has 1 aliphatic heterocycles. The maximum Gasteiger partial charge on any atom is 0.0586 e. The summed E-state index contributed by atoms with van der Waals surface area (Å²) in [5.74, 6) is 0. The van der Waals surface area contributed by atoms with Gasteiger partial charge >= 0.3 is 0 Å². The van der Waals surface area contributed by atoms with Crippen molar-refractivity contribution in [2.24, 2.45) is 0 Å². The summed E-state index contributed by atoms with van der Waals surface area (Å²) >= 11 is 0. The summed E-state index contributed by atoms with van der Waals surface area (Å²) < 4.78 is 0. The minimum atomic E-state index is 0.355. The lowest BCUT2D eigenvalue weighted by Gasteiger charge is -2.43. The molecular formula is C15H30N2O. The molecule has 3 heteroatoms. The van der Waals surface area contributed by atoms with Gasteiger partial charge in [0.1, 0.15) is 0 Å². The van der Waals surface area contributed by atoms with E-state index in [0.717, 1.165) is 18.6 Å². The molecule has 18 heavy (non-hydrogen) atoms. The van der Waals surface area contributed by atoms with Crippen molar-refractivity contribution in [3.8, 4) is 0 Å². The zero-order chi connectivity index (χ0) is 12.8. The van der Waals surface area contributed by atoms with Gasteiger partial charge in [-0.15, -0.1) is 0 Å². The fourth-order valence-electron chi connectivity index (χ4n) is 3.66. The smallest absolute Gasteiger partial charge is 0.0586 e. The number of rotatable bonds is 5. The maximum atomic E-state index is 9.51. The second-order valence-electron chi connectivity index (χ2n) is 6.03. The average Bonchev–Trinajstić information content (AvgIpc) is 2.45. The Morgan fingerprint density at radius 1 is 1.11 bits per heavy atom. The van der Waals surface area contributed by atoms with E-state index in [1.165, 1.54) is 57.9 Å². The summed E-state index contributed by atoms with van der Waals surface area (Å²) in [6.07, 6.45) is 10.3. The highest BCUT2D eigenvalue weighted by molar-refractivity contribution is 4.87. The van der Waals surface area contributed by atoms with Gasteiger partial charge in [0.25, 0.3) is 0 Å². The van der Waals surface area contributed by atoms with Crippen molar-refractivity contribution in [1.82, 2.24) is 10.2 Å². The number of nitrogens with one attached hydrogen (secondary N) is 1. The van der Waals surface area contributed by atoms with E-state index in [0.29, 0.717) is 12.6 Å². The first-order chi connectivity index (χ1) is 8.85. The molecule has 1 unspecified atom stereocenters. The molecule has 1 atom stereocenters. The SMILES string of the molecule is CCCNC1CCC(N2CCCCC2CO)CC1. The fourth-order valence-corrected chi connectivity index (χ4v) is 3.66. The summed E-state index contributed by atoms with van der Waals surface area (Å²) in [5.41, 5.74) is 0. The van der Waals surface area contributed by atoms with E-state index in [1.807, 2.05) is 0 Å². The van der Waals surface area contributed by atoms with Crippen LogP contribution in [0.1, 0.15) is 58.3 Å². The van der Waals surface area contributed by atoms with Crippen molar-refractivity contribution < 1.29 is 5.11 Å². The Hall–Kier alpha value is -0.120. The Labute approximate surface area is 112 Å². The molecule has 2 aliphatic rings. The van der Waals surface area contributed by atoms with Crippen molar-refractivity contribution in [3.63, 3.8) is 0 Å². The Kier molecular flexibility index (Phi) is 5.93. The van der Waals surface area contributed by atoms with Gasteiger partial charge in [0, 0.05) is 18.1 Å². The predicted octanol–water partition coefficient (Wildman–Crippen LogP) is 2.14. The topological polar surface area (TPSA) is 35.5 Å². The van der Waals surface area contributed by atoms with Crippen LogP contribution in [0.15, 0.2) is 0 Å². The molecule has 0 radical (unpaired) electrons. The van der Waals surface area contributed by atoms with Gasteiger partial charge in [-0.1, -0.05) is 13.3 Å². The second-order valence-corrected chi connectivity index (χ2v) is 6.03. The molecule has 0 aromatic carbocycles. The molecule has 1 saturated carbocycles. The normalized spacial score (nSPS) is 34.7. The molecule has 3 nitrogen and oxygen atoms in total. The maximum absolute atomic E-state index is 9.51. The number of piperidine rings is 1. The molecule has 0 spiro atoms. The van der Waals surface area contributed by atoms with E-state index in [4.69, 9.17) is 0 Å². The van der Waals surface area contributed by atoms with E-state index in [9.17, 15) is 5.11 Å². The Bertz CT molecular complexity index is 227. The van der Waals surface area contributed by atoms with Gasteiger partial charge < -0.3 is 10.4 Å². The lowest BCUT2D eigenvalue weighted by molar-refractivity contribution is 0.0347. The molecule has 2 fully saturated rings. The molecule has 1 saturated heterocycles. The highest BCUT2D eigenvalue weighted by Gasteiger charge is 2.31. The minimum Gasteiger partial charge on any atom is -0.395 e. The third kappa shape index (κ3) is 3.69. The summed E-state index contributed by atoms with van der Waals surface area (Å²) in [6, 6.07) is 1.93. The number of hydrogen-bond donors (Lipinski definition) is 2. The molecule has 106 valence electrons. The van der Waals surface area contributed by atoms with Crippen LogP contribution >= 0.6 is 0 Å². The number of aliphatic hydroxyl groups excluding tert-OH is 1. The Balaban J connectivity index is 1.77. The second kappa shape index (κ2) is 7.46. The van der Waals surface area contributed by atoms with Crippen molar-refractivity contribution >= 4 is 0 Å². The Morgan fingerprint density at radius 3 is 2.56 bits per heavy atom. The van der Waals surface area contributed by atoms with Crippen LogP contribution in [0.4, 0.5) is 0 Å². The molecule has 2 N–H and O–H groups in total. The largest absolute Gasteiger partial charge is 0.395 e. The fraction of sp³-hybridized carbons (Fsp3) is 1.00. The van der Waals surface area contributed by atoms with E-state index in [2.05, 4.69) is 17.1 Å². The number of likely N-dealkylation sites (tertiary alicyclic amines) is 1. The van der Waals surface area contributed by atoms with Gasteiger partial charge in [-0.05, 0) is 58.0 Å². The van der Waals surface area contributed by atoms with Gasteiger partial charge in [0.05, 0.1) is 6.61 Å². The standard InChI is InChI=1S/C15H30N2O/c1-2-10-16-13-6-8-14(9-7-13)17-11-4-3-5-15(17)12-18/h13-16,18H,2-12H2,1H3. The number of aliphatic hydroxyl groups is 1. The quantitative estimate of drug-likeness (QED) is 0.789. The van der Waals surface area contributed by atoms with Crippen molar-refractivity contribution in [2.45, 2.75) is 76.4 Å². The Morgan fingerprint density at radius 2 is 1.89 bits per heavy atom. The van der Waals surface area contributed by atoms with Crippen molar-refractivity contribution in [2.75, 3.05) is 19.7 Å². The highest BCUT2D eigenvalue weighted by atomic mass is 16.3. The summed E-state index contributed by atoms with van der Waals surface area (Å²) in [6.45, 7) is 4.97. The predicted molar refractivity (Wildman–Crippen MR) is 75.8 cm³/mol. The van der Waals surface area contributed by atoms with Crippen molar-refractivity contribution in [1.29, 1.82) is 0 Å². The zero-order valence-corrected chi connectivity index (χ0v) is 11.9. The van der Waals surface area contributed by atoms with Crippen LogP contribution in [0.25, 0.3) is 0 Å². The van der Waals surface area contributed by atoms with Crippen molar-refractivity contribution in [3.05, 3.63) is 0 Å². The summed E-state index contributed by atoms with van der Waals surface area (Å²) in [4.78, 5) is 2.61. The molecule has 0 aromatic heterocycles. The zero-order valence-electron chi connectivity index (χ0n) is 11.9. The lowest BCUT2D eigenvalue weighted by atomic mass is 9.87. The minimum absolute atomic E-state index is 0.355. The third-order valence-electron chi connectivity index (χ3n) is 4.73. The molecular weight excluding hydrogens is 224 g/mol. The highest BCUT2D eigenvalue weighted by Crippen LogP contribution is 2.28. The van der Waals surface area contributed by atoms with Crippen LogP contribution in [-0.4, -0.2) is 47.8 Å². The summed E-state index contributed by atoms with van der Waals surface area (Å²) in [5, 5.41) is 13.2. The average molecular weight is 254 g/mol. The molecule has 1 aliphatic carbocycles. The van der Waals surface area contributed by atoms with Crippen LogP contribution in [0.2, 0.25) is 0 Å².